The van der Waals surface area contributed by atoms with Gasteiger partial charge in [-0.3, -0.25) is 4.79 Å². The topological polar surface area (TPSA) is 110 Å². The summed E-state index contributed by atoms with van der Waals surface area (Å²) >= 11 is 3.16. The van der Waals surface area contributed by atoms with Crippen LogP contribution in [0, 0.1) is 0 Å². The molecule has 0 aliphatic carbocycles. The molecule has 0 unspecified atom stereocenters. The van der Waals surface area contributed by atoms with Crippen molar-refractivity contribution >= 4 is 37.8 Å². The first-order chi connectivity index (χ1) is 8.25. The number of nitrogens with two attached hydrogens (primary N) is 1. The highest BCUT2D eigenvalue weighted by molar-refractivity contribution is 9.10. The van der Waals surface area contributed by atoms with Gasteiger partial charge in [-0.2, -0.15) is 8.42 Å². The van der Waals surface area contributed by atoms with Crippen LogP contribution in [0.1, 0.15) is 0 Å². The lowest BCUT2D eigenvalue weighted by Gasteiger charge is -2.22. The van der Waals surface area contributed by atoms with E-state index in [9.17, 15) is 13.2 Å². The molecule has 1 aromatic rings. The minimum absolute atomic E-state index is 0.0526. The summed E-state index contributed by atoms with van der Waals surface area (Å²) in [4.78, 5) is 10.7. The van der Waals surface area contributed by atoms with E-state index in [-0.39, 0.29) is 11.4 Å². The maximum atomic E-state index is 11.4. The van der Waals surface area contributed by atoms with E-state index in [1.54, 1.807) is 6.07 Å². The smallest absolute Gasteiger partial charge is 0.324 e. The van der Waals surface area contributed by atoms with Gasteiger partial charge in [-0.15, -0.1) is 0 Å². The lowest BCUT2D eigenvalue weighted by atomic mass is 10.3. The number of aliphatic carboxylic acids is 1. The summed E-state index contributed by atoms with van der Waals surface area (Å²) in [6, 6.07) is 4.54. The Morgan fingerprint density at radius 1 is 1.56 bits per heavy atom. The first-order valence-electron chi connectivity index (χ1n) is 4.61. The van der Waals surface area contributed by atoms with Gasteiger partial charge in [-0.05, 0) is 18.2 Å². The second-order valence-electron chi connectivity index (χ2n) is 3.26. The predicted molar refractivity (Wildman–Crippen MR) is 68.8 cm³/mol. The number of carboxylic acid groups (broad SMARTS) is 1. The number of ether oxygens (including phenoxy) is 1. The fraction of sp³-hybridized carbons (Fsp3) is 0.222. The molecule has 0 saturated heterocycles. The second kappa shape index (κ2) is 5.55. The standard InChI is InChI=1S/C9H11BrN2O5S/c1-17-8-3-2-6(10)4-7(8)12(5-9(13)14)18(11,15)16/h2-4H,5H2,1H3,(H,13,14)(H2,11,15,16). The van der Waals surface area contributed by atoms with E-state index in [0.29, 0.717) is 8.78 Å². The molecule has 0 amide bonds. The zero-order chi connectivity index (χ0) is 13.9. The van der Waals surface area contributed by atoms with Crippen molar-refractivity contribution in [2.75, 3.05) is 18.0 Å². The number of hydrogen-bond donors (Lipinski definition) is 2. The van der Waals surface area contributed by atoms with E-state index < -0.39 is 22.7 Å². The van der Waals surface area contributed by atoms with E-state index in [0.717, 1.165) is 0 Å². The van der Waals surface area contributed by atoms with Crippen LogP contribution in [-0.4, -0.2) is 33.1 Å². The van der Waals surface area contributed by atoms with Crippen LogP contribution in [0.3, 0.4) is 0 Å². The third-order valence-electron chi connectivity index (χ3n) is 2.00. The van der Waals surface area contributed by atoms with Crippen LogP contribution in [0.25, 0.3) is 0 Å². The fourth-order valence-electron chi connectivity index (χ4n) is 1.29. The molecule has 0 aliphatic heterocycles. The lowest BCUT2D eigenvalue weighted by Crippen LogP contribution is -2.40. The molecule has 0 bridgehead atoms. The van der Waals surface area contributed by atoms with Gasteiger partial charge >= 0.3 is 5.97 Å². The zero-order valence-corrected chi connectivity index (χ0v) is 11.7. The Morgan fingerprint density at radius 3 is 2.61 bits per heavy atom. The molecule has 0 radical (unpaired) electrons. The largest absolute Gasteiger partial charge is 0.495 e. The summed E-state index contributed by atoms with van der Waals surface area (Å²) in [6.07, 6.45) is 0. The van der Waals surface area contributed by atoms with Gasteiger partial charge < -0.3 is 9.84 Å². The van der Waals surface area contributed by atoms with Crippen molar-refractivity contribution in [3.05, 3.63) is 22.7 Å². The Bertz CT molecular complexity index is 560. The Morgan fingerprint density at radius 2 is 2.17 bits per heavy atom. The highest BCUT2D eigenvalue weighted by Crippen LogP contribution is 2.32. The zero-order valence-electron chi connectivity index (χ0n) is 9.33. The number of nitrogens with zero attached hydrogens (tertiary/aromatic N) is 1. The fourth-order valence-corrected chi connectivity index (χ4v) is 2.35. The normalized spacial score (nSPS) is 11.1. The minimum Gasteiger partial charge on any atom is -0.495 e. The van der Waals surface area contributed by atoms with E-state index in [1.165, 1.54) is 19.2 Å². The molecule has 9 heteroatoms. The first kappa shape index (κ1) is 14.7. The first-order valence-corrected chi connectivity index (χ1v) is 6.91. The van der Waals surface area contributed by atoms with Crippen LogP contribution >= 0.6 is 15.9 Å². The molecular weight excluding hydrogens is 328 g/mol. The summed E-state index contributed by atoms with van der Waals surface area (Å²) < 4.78 is 28.9. The van der Waals surface area contributed by atoms with E-state index in [1.807, 2.05) is 0 Å². The molecule has 0 aliphatic rings. The van der Waals surface area contributed by atoms with Gasteiger partial charge in [0, 0.05) is 4.47 Å². The Hall–Kier alpha value is -1.32. The summed E-state index contributed by atoms with van der Waals surface area (Å²) in [5, 5.41) is 13.7. The number of rotatable bonds is 5. The third-order valence-corrected chi connectivity index (χ3v) is 3.43. The quantitative estimate of drug-likeness (QED) is 0.814. The maximum absolute atomic E-state index is 11.4. The van der Waals surface area contributed by atoms with Gasteiger partial charge in [-0.25, -0.2) is 9.44 Å². The SMILES string of the molecule is COc1ccc(Br)cc1N(CC(=O)O)S(N)(=O)=O. The van der Waals surface area contributed by atoms with Crippen molar-refractivity contribution in [3.8, 4) is 5.75 Å². The van der Waals surface area contributed by atoms with Crippen molar-refractivity contribution in [1.29, 1.82) is 0 Å². The van der Waals surface area contributed by atoms with Crippen LogP contribution in [0.15, 0.2) is 22.7 Å². The molecule has 0 heterocycles. The van der Waals surface area contributed by atoms with Gasteiger partial charge in [0.05, 0.1) is 12.8 Å². The van der Waals surface area contributed by atoms with Crippen molar-refractivity contribution in [3.63, 3.8) is 0 Å². The number of carbonyl (C=O) groups is 1. The summed E-state index contributed by atoms with van der Waals surface area (Å²) in [6.45, 7) is -0.786. The van der Waals surface area contributed by atoms with Gasteiger partial charge in [-0.1, -0.05) is 15.9 Å². The van der Waals surface area contributed by atoms with Crippen LogP contribution in [0.4, 0.5) is 5.69 Å². The minimum atomic E-state index is -4.21. The summed E-state index contributed by atoms with van der Waals surface area (Å²) in [5.41, 5.74) is 0.0526. The Balaban J connectivity index is 3.37. The number of anilines is 1. The summed E-state index contributed by atoms with van der Waals surface area (Å²) in [7, 11) is -2.87. The Kier molecular flexibility index (Phi) is 4.54. The molecule has 0 atom stereocenters. The highest BCUT2D eigenvalue weighted by Gasteiger charge is 2.24. The lowest BCUT2D eigenvalue weighted by molar-refractivity contribution is -0.135. The van der Waals surface area contributed by atoms with Crippen molar-refractivity contribution < 1.29 is 23.1 Å². The number of hydrogen-bond acceptors (Lipinski definition) is 4. The van der Waals surface area contributed by atoms with Crippen LogP contribution in [-0.2, 0) is 15.0 Å². The number of methoxy groups -OCH3 is 1. The molecule has 0 saturated carbocycles. The predicted octanol–water partition coefficient (Wildman–Crippen LogP) is 0.552. The molecule has 1 aromatic carbocycles. The maximum Gasteiger partial charge on any atom is 0.324 e. The molecule has 7 nitrogen and oxygen atoms in total. The van der Waals surface area contributed by atoms with Gasteiger partial charge in [0.25, 0.3) is 10.2 Å². The average Bonchev–Trinajstić information content (AvgIpc) is 2.24. The number of halogens is 1. The molecule has 0 spiro atoms. The monoisotopic (exact) mass is 338 g/mol. The second-order valence-corrected chi connectivity index (χ2v) is 5.65. The molecule has 1 rings (SSSR count). The molecule has 0 fully saturated rings. The van der Waals surface area contributed by atoms with Gasteiger partial charge in [0.1, 0.15) is 12.3 Å². The van der Waals surface area contributed by atoms with Crippen LogP contribution in [0.5, 0.6) is 5.75 Å². The third kappa shape index (κ3) is 3.59. The molecule has 18 heavy (non-hydrogen) atoms. The average molecular weight is 339 g/mol. The van der Waals surface area contributed by atoms with Gasteiger partial charge in [0.15, 0.2) is 0 Å². The summed E-state index contributed by atoms with van der Waals surface area (Å²) in [5.74, 6) is -1.13. The van der Waals surface area contributed by atoms with E-state index in [2.05, 4.69) is 15.9 Å². The van der Waals surface area contributed by atoms with E-state index >= 15 is 0 Å². The van der Waals surface area contributed by atoms with Crippen molar-refractivity contribution in [1.82, 2.24) is 0 Å². The van der Waals surface area contributed by atoms with Crippen molar-refractivity contribution in [2.24, 2.45) is 5.14 Å². The molecule has 0 aromatic heterocycles. The molecular formula is C9H11BrN2O5S. The highest BCUT2D eigenvalue weighted by atomic mass is 79.9. The van der Waals surface area contributed by atoms with E-state index in [4.69, 9.17) is 15.0 Å². The Labute approximate surface area is 112 Å². The number of benzene rings is 1. The van der Waals surface area contributed by atoms with Crippen LogP contribution < -0.4 is 14.2 Å². The molecule has 100 valence electrons. The molecule has 3 N–H and O–H groups in total. The van der Waals surface area contributed by atoms with Gasteiger partial charge in [0.2, 0.25) is 0 Å². The van der Waals surface area contributed by atoms with Crippen molar-refractivity contribution in [2.45, 2.75) is 0 Å². The number of carboxylic acids is 1. The van der Waals surface area contributed by atoms with Crippen LogP contribution in [0.2, 0.25) is 0 Å².